The van der Waals surface area contributed by atoms with E-state index < -0.39 is 0 Å². The van der Waals surface area contributed by atoms with Crippen molar-refractivity contribution in [1.29, 1.82) is 0 Å². The van der Waals surface area contributed by atoms with Crippen LogP contribution in [0.2, 0.25) is 0 Å². The van der Waals surface area contributed by atoms with E-state index in [1.165, 1.54) is 0 Å². The molecule has 0 amide bonds. The van der Waals surface area contributed by atoms with Crippen molar-refractivity contribution in [2.75, 3.05) is 6.54 Å². The summed E-state index contributed by atoms with van der Waals surface area (Å²) in [6.07, 6.45) is 1.07. The van der Waals surface area contributed by atoms with Gasteiger partial charge in [0.1, 0.15) is 6.10 Å². The number of rotatable bonds is 3. The Hall–Kier alpha value is -0.990. The zero-order valence-corrected chi connectivity index (χ0v) is 9.39. The van der Waals surface area contributed by atoms with Gasteiger partial charge in [0.25, 0.3) is 0 Å². The Balaban J connectivity index is 2.78. The second-order valence-electron chi connectivity index (χ2n) is 3.86. The molecule has 0 radical (unpaired) electrons. The number of cyclic esters (lactones) is 1. The topological polar surface area (TPSA) is 38.3 Å². The predicted octanol–water partition coefficient (Wildman–Crippen LogP) is 1.84. The first-order valence-electron chi connectivity index (χ1n) is 5.23. The first-order valence-corrected chi connectivity index (χ1v) is 5.23. The summed E-state index contributed by atoms with van der Waals surface area (Å²) in [5.41, 5.74) is 1.78. The van der Waals surface area contributed by atoms with Crippen molar-refractivity contribution in [3.63, 3.8) is 0 Å². The maximum Gasteiger partial charge on any atom is 0.336 e. The highest BCUT2D eigenvalue weighted by Gasteiger charge is 2.35. The molecule has 0 bridgehead atoms. The third-order valence-corrected chi connectivity index (χ3v) is 2.72. The molecule has 1 N–H and O–H groups in total. The molecule has 0 aromatic rings. The van der Waals surface area contributed by atoms with E-state index in [2.05, 4.69) is 12.2 Å². The molecule has 2 atom stereocenters. The lowest BCUT2D eigenvalue weighted by Crippen LogP contribution is -2.18. The van der Waals surface area contributed by atoms with E-state index >= 15 is 0 Å². The third-order valence-electron chi connectivity index (χ3n) is 2.72. The molecule has 1 aliphatic heterocycles. The van der Waals surface area contributed by atoms with Crippen LogP contribution in [-0.4, -0.2) is 18.6 Å². The third kappa shape index (κ3) is 2.08. The fourth-order valence-electron chi connectivity index (χ4n) is 1.66. The van der Waals surface area contributed by atoms with Crippen LogP contribution in [0.15, 0.2) is 11.3 Å². The van der Waals surface area contributed by atoms with Crippen LogP contribution in [0.4, 0.5) is 0 Å². The highest BCUT2D eigenvalue weighted by Crippen LogP contribution is 2.28. The van der Waals surface area contributed by atoms with Gasteiger partial charge in [0.2, 0.25) is 0 Å². The maximum absolute atomic E-state index is 11.5. The van der Waals surface area contributed by atoms with E-state index in [1.807, 2.05) is 20.8 Å². The standard InChI is InChI=1S/C11H19NO2/c1-5-6-12-8(3)10-7(2)9(4)14-11(10)13/h7,9,12H,5-6H2,1-4H3/b10-8+. The zero-order chi connectivity index (χ0) is 10.7. The number of carbonyl (C=O) groups is 1. The van der Waals surface area contributed by atoms with Crippen molar-refractivity contribution in [3.8, 4) is 0 Å². The summed E-state index contributed by atoms with van der Waals surface area (Å²) in [5.74, 6) is 0.0398. The van der Waals surface area contributed by atoms with Crippen LogP contribution in [0, 0.1) is 5.92 Å². The molecule has 0 aliphatic carbocycles. The Bertz CT molecular complexity index is 258. The smallest absolute Gasteiger partial charge is 0.336 e. The van der Waals surface area contributed by atoms with Crippen molar-refractivity contribution in [2.45, 2.75) is 40.2 Å². The van der Waals surface area contributed by atoms with E-state index in [-0.39, 0.29) is 18.0 Å². The van der Waals surface area contributed by atoms with Crippen molar-refractivity contribution in [3.05, 3.63) is 11.3 Å². The van der Waals surface area contributed by atoms with Crippen molar-refractivity contribution < 1.29 is 9.53 Å². The van der Waals surface area contributed by atoms with Gasteiger partial charge in [-0.2, -0.15) is 0 Å². The van der Waals surface area contributed by atoms with Crippen LogP contribution in [0.25, 0.3) is 0 Å². The Morgan fingerprint density at radius 2 is 2.14 bits per heavy atom. The van der Waals surface area contributed by atoms with Gasteiger partial charge in [-0.1, -0.05) is 13.8 Å². The van der Waals surface area contributed by atoms with Crippen molar-refractivity contribution in [1.82, 2.24) is 5.32 Å². The zero-order valence-electron chi connectivity index (χ0n) is 9.39. The summed E-state index contributed by atoms with van der Waals surface area (Å²) < 4.78 is 5.15. The molecule has 3 nitrogen and oxygen atoms in total. The van der Waals surface area contributed by atoms with Crippen molar-refractivity contribution >= 4 is 5.97 Å². The van der Waals surface area contributed by atoms with Gasteiger partial charge < -0.3 is 10.1 Å². The van der Waals surface area contributed by atoms with E-state index in [4.69, 9.17) is 4.74 Å². The highest BCUT2D eigenvalue weighted by molar-refractivity contribution is 5.92. The molecule has 2 unspecified atom stereocenters. The van der Waals surface area contributed by atoms with Crippen LogP contribution in [0.1, 0.15) is 34.1 Å². The number of ether oxygens (including phenoxy) is 1. The van der Waals surface area contributed by atoms with E-state index in [9.17, 15) is 4.79 Å². The molecule has 14 heavy (non-hydrogen) atoms. The molecule has 0 spiro atoms. The van der Waals surface area contributed by atoms with Gasteiger partial charge >= 0.3 is 5.97 Å². The molecule has 0 aromatic carbocycles. The van der Waals surface area contributed by atoms with E-state index in [0.29, 0.717) is 0 Å². The number of nitrogens with one attached hydrogen (secondary N) is 1. The molecule has 1 saturated heterocycles. The SMILES string of the molecule is CCCN/C(C)=C1/C(=O)OC(C)C1C. The van der Waals surface area contributed by atoms with Crippen molar-refractivity contribution in [2.24, 2.45) is 5.92 Å². The minimum atomic E-state index is -0.161. The molecule has 1 rings (SSSR count). The maximum atomic E-state index is 11.5. The fraction of sp³-hybridized carbons (Fsp3) is 0.727. The second kappa shape index (κ2) is 4.49. The largest absolute Gasteiger partial charge is 0.459 e. The summed E-state index contributed by atoms with van der Waals surface area (Å²) in [6, 6.07) is 0. The van der Waals surface area contributed by atoms with E-state index in [1.54, 1.807) is 0 Å². The lowest BCUT2D eigenvalue weighted by atomic mass is 9.98. The van der Waals surface area contributed by atoms with Gasteiger partial charge in [0, 0.05) is 18.2 Å². The van der Waals surface area contributed by atoms with Crippen LogP contribution < -0.4 is 5.32 Å². The Morgan fingerprint density at radius 3 is 2.57 bits per heavy atom. The molecule has 1 heterocycles. The monoisotopic (exact) mass is 197 g/mol. The number of carbonyl (C=O) groups excluding carboxylic acids is 1. The average molecular weight is 197 g/mol. The molecule has 80 valence electrons. The number of allylic oxidation sites excluding steroid dienone is 1. The van der Waals surface area contributed by atoms with Crippen LogP contribution in [-0.2, 0) is 9.53 Å². The number of esters is 1. The Kier molecular flexibility index (Phi) is 3.55. The number of hydrogen-bond acceptors (Lipinski definition) is 3. The van der Waals surface area contributed by atoms with Crippen LogP contribution in [0.5, 0.6) is 0 Å². The van der Waals surface area contributed by atoms with Gasteiger partial charge in [-0.3, -0.25) is 0 Å². The van der Waals surface area contributed by atoms with Gasteiger partial charge in [0.05, 0.1) is 5.57 Å². The summed E-state index contributed by atoms with van der Waals surface area (Å²) in [6.45, 7) is 8.92. The highest BCUT2D eigenvalue weighted by atomic mass is 16.5. The quantitative estimate of drug-likeness (QED) is 0.554. The lowest BCUT2D eigenvalue weighted by Gasteiger charge is -2.10. The summed E-state index contributed by atoms with van der Waals surface area (Å²) in [4.78, 5) is 11.5. The summed E-state index contributed by atoms with van der Waals surface area (Å²) in [7, 11) is 0. The normalized spacial score (nSPS) is 30.1. The molecule has 0 saturated carbocycles. The Morgan fingerprint density at radius 1 is 1.50 bits per heavy atom. The van der Waals surface area contributed by atoms with Gasteiger partial charge in [-0.25, -0.2) is 4.79 Å². The molecule has 0 aromatic heterocycles. The first-order chi connectivity index (χ1) is 6.57. The van der Waals surface area contributed by atoms with Crippen LogP contribution in [0.3, 0.4) is 0 Å². The first kappa shape index (κ1) is 11.1. The Labute approximate surface area is 85.5 Å². The molecule has 1 aliphatic rings. The molecule has 3 heteroatoms. The average Bonchev–Trinajstić information content (AvgIpc) is 2.38. The van der Waals surface area contributed by atoms with E-state index in [0.717, 1.165) is 24.2 Å². The lowest BCUT2D eigenvalue weighted by molar-refractivity contribution is -0.138. The predicted molar refractivity (Wildman–Crippen MR) is 55.7 cm³/mol. The number of hydrogen-bond donors (Lipinski definition) is 1. The minimum absolute atomic E-state index is 0.0101. The molecular formula is C11H19NO2. The molecular weight excluding hydrogens is 178 g/mol. The summed E-state index contributed by atoms with van der Waals surface area (Å²) >= 11 is 0. The second-order valence-corrected chi connectivity index (χ2v) is 3.86. The fourth-order valence-corrected chi connectivity index (χ4v) is 1.66. The minimum Gasteiger partial charge on any atom is -0.459 e. The van der Waals surface area contributed by atoms with Crippen LogP contribution >= 0.6 is 0 Å². The van der Waals surface area contributed by atoms with Gasteiger partial charge in [0.15, 0.2) is 0 Å². The van der Waals surface area contributed by atoms with Gasteiger partial charge in [-0.05, 0) is 20.3 Å². The summed E-state index contributed by atoms with van der Waals surface area (Å²) in [5, 5.41) is 3.23. The van der Waals surface area contributed by atoms with Gasteiger partial charge in [-0.15, -0.1) is 0 Å². The molecule has 1 fully saturated rings.